The van der Waals surface area contributed by atoms with E-state index in [0.29, 0.717) is 17.3 Å². The van der Waals surface area contributed by atoms with E-state index in [1.807, 2.05) is 24.3 Å². The molecule has 0 aliphatic rings. The Labute approximate surface area is 158 Å². The van der Waals surface area contributed by atoms with Crippen molar-refractivity contribution >= 4 is 28.8 Å². The Morgan fingerprint density at radius 1 is 1.00 bits per heavy atom. The van der Waals surface area contributed by atoms with E-state index < -0.39 is 0 Å². The predicted molar refractivity (Wildman–Crippen MR) is 108 cm³/mol. The summed E-state index contributed by atoms with van der Waals surface area (Å²) in [6.45, 7) is 6.22. The molecule has 0 amide bonds. The highest BCUT2D eigenvalue weighted by Gasteiger charge is 2.05. The monoisotopic (exact) mass is 359 g/mol. The topological polar surface area (TPSA) is 89.8 Å². The molecule has 0 fully saturated rings. The molecule has 0 bridgehead atoms. The van der Waals surface area contributed by atoms with Gasteiger partial charge in [0.25, 0.3) is 0 Å². The fourth-order valence-electron chi connectivity index (χ4n) is 2.70. The van der Waals surface area contributed by atoms with Crippen LogP contribution in [0.15, 0.2) is 54.7 Å². The van der Waals surface area contributed by atoms with E-state index in [-0.39, 0.29) is 0 Å². The van der Waals surface area contributed by atoms with E-state index in [0.717, 1.165) is 24.5 Å². The molecule has 0 atom stereocenters. The number of anilines is 5. The number of rotatable bonds is 7. The summed E-state index contributed by atoms with van der Waals surface area (Å²) in [6, 6.07) is 17.4. The van der Waals surface area contributed by atoms with Gasteiger partial charge in [-0.15, -0.1) is 5.10 Å². The molecule has 136 valence electrons. The van der Waals surface area contributed by atoms with E-state index in [1.165, 1.54) is 11.9 Å². The lowest BCUT2D eigenvalue weighted by molar-refractivity contribution is 0.866. The molecule has 3 rings (SSSR count). The van der Waals surface area contributed by atoms with Crippen LogP contribution in [0, 0.1) is 11.3 Å². The molecule has 1 aromatic heterocycles. The van der Waals surface area contributed by atoms with Gasteiger partial charge in [-0.1, -0.05) is 6.07 Å². The van der Waals surface area contributed by atoms with Crippen molar-refractivity contribution in [1.29, 1.82) is 5.26 Å². The lowest BCUT2D eigenvalue weighted by Gasteiger charge is -2.21. The maximum atomic E-state index is 8.99. The average Bonchev–Trinajstić information content (AvgIpc) is 2.70. The highest BCUT2D eigenvalue weighted by molar-refractivity contribution is 5.62. The lowest BCUT2D eigenvalue weighted by Crippen LogP contribution is -2.21. The summed E-state index contributed by atoms with van der Waals surface area (Å²) in [5.41, 5.74) is 3.41. The zero-order valence-corrected chi connectivity index (χ0v) is 15.3. The highest BCUT2D eigenvalue weighted by atomic mass is 15.3. The fraction of sp³-hybridized carbons (Fsp3) is 0.200. The molecule has 27 heavy (non-hydrogen) atoms. The van der Waals surface area contributed by atoms with Gasteiger partial charge in [0, 0.05) is 30.2 Å². The van der Waals surface area contributed by atoms with Crippen molar-refractivity contribution < 1.29 is 0 Å². The normalized spacial score (nSPS) is 10.1. The van der Waals surface area contributed by atoms with Crippen LogP contribution in [0.2, 0.25) is 0 Å². The Morgan fingerprint density at radius 2 is 1.78 bits per heavy atom. The summed E-state index contributed by atoms with van der Waals surface area (Å²) in [4.78, 5) is 6.70. The van der Waals surface area contributed by atoms with E-state index in [9.17, 15) is 0 Å². The Kier molecular flexibility index (Phi) is 5.80. The zero-order valence-electron chi connectivity index (χ0n) is 15.3. The zero-order chi connectivity index (χ0) is 19.1. The minimum atomic E-state index is 0.395. The number of nitrogens with one attached hydrogen (secondary N) is 2. The smallest absolute Gasteiger partial charge is 0.249 e. The van der Waals surface area contributed by atoms with E-state index in [4.69, 9.17) is 5.26 Å². The van der Waals surface area contributed by atoms with Gasteiger partial charge in [-0.25, -0.2) is 0 Å². The van der Waals surface area contributed by atoms with Gasteiger partial charge in [0.2, 0.25) is 5.95 Å². The summed E-state index contributed by atoms with van der Waals surface area (Å²) in [5, 5.41) is 23.3. The first kappa shape index (κ1) is 18.1. The highest BCUT2D eigenvalue weighted by Crippen LogP contribution is 2.21. The lowest BCUT2D eigenvalue weighted by atomic mass is 10.2. The summed E-state index contributed by atoms with van der Waals surface area (Å²) in [5.74, 6) is 0.939. The number of hydrogen-bond donors (Lipinski definition) is 2. The first-order valence-corrected chi connectivity index (χ1v) is 8.80. The molecular weight excluding hydrogens is 338 g/mol. The van der Waals surface area contributed by atoms with Crippen LogP contribution in [-0.2, 0) is 0 Å². The number of benzene rings is 2. The third-order valence-corrected chi connectivity index (χ3v) is 4.07. The third kappa shape index (κ3) is 4.70. The second-order valence-electron chi connectivity index (χ2n) is 5.83. The molecule has 2 N–H and O–H groups in total. The maximum absolute atomic E-state index is 8.99. The van der Waals surface area contributed by atoms with Crippen LogP contribution in [0.3, 0.4) is 0 Å². The number of hydrogen-bond acceptors (Lipinski definition) is 7. The standard InChI is InChI=1S/C20H21N7/c1-3-27(4-2)18-10-8-16(9-11-18)24-20-25-19(14-22-26-20)23-17-7-5-6-15(12-17)13-21/h5-12,14H,3-4H2,1-2H3,(H2,23,24,25,26). The van der Waals surface area contributed by atoms with Gasteiger partial charge in [0.15, 0.2) is 5.82 Å². The van der Waals surface area contributed by atoms with E-state index >= 15 is 0 Å². The van der Waals surface area contributed by atoms with E-state index in [1.54, 1.807) is 12.1 Å². The van der Waals surface area contributed by atoms with Gasteiger partial charge in [-0.05, 0) is 56.3 Å². The molecule has 1 heterocycles. The molecule has 0 aliphatic carbocycles. The molecule has 2 aromatic carbocycles. The van der Waals surface area contributed by atoms with Crippen molar-refractivity contribution in [2.45, 2.75) is 13.8 Å². The first-order valence-electron chi connectivity index (χ1n) is 8.80. The van der Waals surface area contributed by atoms with Gasteiger partial charge >= 0.3 is 0 Å². The maximum Gasteiger partial charge on any atom is 0.249 e. The van der Waals surface area contributed by atoms with Crippen molar-refractivity contribution in [3.05, 3.63) is 60.3 Å². The molecule has 0 saturated carbocycles. The summed E-state index contributed by atoms with van der Waals surface area (Å²) in [6.07, 6.45) is 1.54. The van der Waals surface area contributed by atoms with Crippen LogP contribution in [0.25, 0.3) is 0 Å². The predicted octanol–water partition coefficient (Wildman–Crippen LogP) is 4.08. The molecule has 7 heteroatoms. The Morgan fingerprint density at radius 3 is 2.48 bits per heavy atom. The molecular formula is C20H21N7. The van der Waals surface area contributed by atoms with Crippen molar-refractivity contribution in [3.63, 3.8) is 0 Å². The van der Waals surface area contributed by atoms with Gasteiger partial charge in [-0.2, -0.15) is 15.3 Å². The van der Waals surface area contributed by atoms with Crippen LogP contribution >= 0.6 is 0 Å². The quantitative estimate of drug-likeness (QED) is 0.657. The number of nitrogens with zero attached hydrogens (tertiary/aromatic N) is 5. The van der Waals surface area contributed by atoms with Crippen molar-refractivity contribution in [1.82, 2.24) is 15.2 Å². The summed E-state index contributed by atoms with van der Waals surface area (Å²) >= 11 is 0. The first-order chi connectivity index (χ1) is 13.2. The molecule has 0 spiro atoms. The second-order valence-corrected chi connectivity index (χ2v) is 5.83. The van der Waals surface area contributed by atoms with Crippen LogP contribution in [-0.4, -0.2) is 28.3 Å². The summed E-state index contributed by atoms with van der Waals surface area (Å²) in [7, 11) is 0. The van der Waals surface area contributed by atoms with Crippen molar-refractivity contribution in [2.24, 2.45) is 0 Å². The van der Waals surface area contributed by atoms with Gasteiger partial charge in [0.05, 0.1) is 17.8 Å². The molecule has 0 unspecified atom stereocenters. The Bertz CT molecular complexity index is 928. The van der Waals surface area contributed by atoms with E-state index in [2.05, 4.69) is 62.8 Å². The fourth-order valence-corrected chi connectivity index (χ4v) is 2.70. The minimum Gasteiger partial charge on any atom is -0.372 e. The largest absolute Gasteiger partial charge is 0.372 e. The SMILES string of the molecule is CCN(CC)c1ccc(Nc2nncc(Nc3cccc(C#N)c3)n2)cc1. The van der Waals surface area contributed by atoms with Crippen molar-refractivity contribution in [2.75, 3.05) is 28.6 Å². The molecule has 3 aromatic rings. The Balaban J connectivity index is 1.71. The van der Waals surface area contributed by atoms with Crippen LogP contribution in [0.5, 0.6) is 0 Å². The van der Waals surface area contributed by atoms with Crippen LogP contribution in [0.1, 0.15) is 19.4 Å². The average molecular weight is 359 g/mol. The Hall–Kier alpha value is -3.66. The van der Waals surface area contributed by atoms with Crippen LogP contribution < -0.4 is 15.5 Å². The van der Waals surface area contributed by atoms with Gasteiger partial charge < -0.3 is 15.5 Å². The molecule has 7 nitrogen and oxygen atoms in total. The molecule has 0 aliphatic heterocycles. The summed E-state index contributed by atoms with van der Waals surface area (Å²) < 4.78 is 0. The number of nitriles is 1. The minimum absolute atomic E-state index is 0.395. The van der Waals surface area contributed by atoms with Gasteiger partial charge in [-0.3, -0.25) is 0 Å². The molecule has 0 saturated heterocycles. The molecule has 0 radical (unpaired) electrons. The van der Waals surface area contributed by atoms with Gasteiger partial charge in [0.1, 0.15) is 0 Å². The van der Waals surface area contributed by atoms with Crippen molar-refractivity contribution in [3.8, 4) is 6.07 Å². The number of aromatic nitrogens is 3. The third-order valence-electron chi connectivity index (χ3n) is 4.07. The van der Waals surface area contributed by atoms with Crippen LogP contribution in [0.4, 0.5) is 28.8 Å². The second kappa shape index (κ2) is 8.63.